The standard InChI is InChI=1S/C28H17Cl2NO4/c29-20-9-11-24(30)23(16-20)26-12-10-22(35-26)14-19-15-25(17-5-2-1-3-6-17)31(27(19)32)21-8-4-7-18(13-21)28(33)34/h1-16H,(H,33,34)/b19-14+. The number of amides is 1. The average molecular weight is 502 g/mol. The molecule has 5 nitrogen and oxygen atoms in total. The Morgan fingerprint density at radius 2 is 1.71 bits per heavy atom. The van der Waals surface area contributed by atoms with Crippen molar-refractivity contribution >= 4 is 52.5 Å². The van der Waals surface area contributed by atoms with E-state index in [-0.39, 0.29) is 11.5 Å². The monoisotopic (exact) mass is 501 g/mol. The molecule has 0 spiro atoms. The number of carboxylic acids is 1. The zero-order valence-corrected chi connectivity index (χ0v) is 19.6. The summed E-state index contributed by atoms with van der Waals surface area (Å²) in [6.07, 6.45) is 3.41. The van der Waals surface area contributed by atoms with Crippen LogP contribution in [0.1, 0.15) is 21.7 Å². The van der Waals surface area contributed by atoms with Crippen molar-refractivity contribution in [3.63, 3.8) is 0 Å². The molecule has 3 aromatic carbocycles. The quantitative estimate of drug-likeness (QED) is 0.288. The fourth-order valence-electron chi connectivity index (χ4n) is 3.89. The number of carbonyl (C=O) groups excluding carboxylic acids is 1. The van der Waals surface area contributed by atoms with Gasteiger partial charge in [-0.05, 0) is 66.2 Å². The predicted molar refractivity (Wildman–Crippen MR) is 137 cm³/mol. The zero-order chi connectivity index (χ0) is 24.5. The molecule has 0 saturated carbocycles. The summed E-state index contributed by atoms with van der Waals surface area (Å²) in [4.78, 5) is 26.5. The van der Waals surface area contributed by atoms with E-state index in [0.29, 0.717) is 44.1 Å². The Kier molecular flexibility index (Phi) is 6.03. The number of hydrogen-bond donors (Lipinski definition) is 1. The van der Waals surface area contributed by atoms with Crippen LogP contribution in [0.3, 0.4) is 0 Å². The van der Waals surface area contributed by atoms with Crippen LogP contribution in [-0.4, -0.2) is 17.0 Å². The molecule has 4 aromatic rings. The van der Waals surface area contributed by atoms with Gasteiger partial charge in [0.15, 0.2) is 0 Å². The van der Waals surface area contributed by atoms with E-state index in [1.165, 1.54) is 17.0 Å². The summed E-state index contributed by atoms with van der Waals surface area (Å²) >= 11 is 12.4. The molecule has 0 unspecified atom stereocenters. The van der Waals surface area contributed by atoms with Crippen LogP contribution in [-0.2, 0) is 4.79 Å². The van der Waals surface area contributed by atoms with Gasteiger partial charge in [0.05, 0.1) is 22.0 Å². The van der Waals surface area contributed by atoms with Crippen molar-refractivity contribution < 1.29 is 19.1 Å². The molecule has 1 amide bonds. The molecular weight excluding hydrogens is 485 g/mol. The van der Waals surface area contributed by atoms with Gasteiger partial charge in [-0.2, -0.15) is 0 Å². The summed E-state index contributed by atoms with van der Waals surface area (Å²) in [5.74, 6) is -0.385. The Bertz CT molecular complexity index is 1520. The molecule has 1 aliphatic heterocycles. The molecule has 2 heterocycles. The molecule has 172 valence electrons. The smallest absolute Gasteiger partial charge is 0.335 e. The largest absolute Gasteiger partial charge is 0.478 e. The molecule has 7 heteroatoms. The number of carbonyl (C=O) groups is 2. The molecule has 0 saturated heterocycles. The van der Waals surface area contributed by atoms with Crippen LogP contribution in [0.5, 0.6) is 0 Å². The molecule has 0 aliphatic carbocycles. The first-order valence-corrected chi connectivity index (χ1v) is 11.4. The third kappa shape index (κ3) is 4.52. The molecule has 0 atom stereocenters. The Morgan fingerprint density at radius 3 is 2.49 bits per heavy atom. The topological polar surface area (TPSA) is 70.8 Å². The lowest BCUT2D eigenvalue weighted by atomic mass is 10.1. The van der Waals surface area contributed by atoms with E-state index < -0.39 is 5.97 Å². The van der Waals surface area contributed by atoms with Crippen LogP contribution < -0.4 is 4.90 Å². The number of benzene rings is 3. The summed E-state index contributed by atoms with van der Waals surface area (Å²) in [6.45, 7) is 0. The number of rotatable bonds is 5. The van der Waals surface area contributed by atoms with Crippen molar-refractivity contribution in [2.24, 2.45) is 0 Å². The maximum Gasteiger partial charge on any atom is 0.335 e. The lowest BCUT2D eigenvalue weighted by Crippen LogP contribution is -2.25. The average Bonchev–Trinajstić information content (AvgIpc) is 3.46. The van der Waals surface area contributed by atoms with Crippen molar-refractivity contribution in [3.8, 4) is 11.3 Å². The zero-order valence-electron chi connectivity index (χ0n) is 18.1. The summed E-state index contributed by atoms with van der Waals surface area (Å²) in [5.41, 5.74) is 3.04. The molecule has 0 radical (unpaired) electrons. The van der Waals surface area contributed by atoms with E-state index in [2.05, 4.69) is 0 Å². The molecule has 1 N–H and O–H groups in total. The summed E-state index contributed by atoms with van der Waals surface area (Å²) in [6, 6.07) is 24.3. The highest BCUT2D eigenvalue weighted by molar-refractivity contribution is 6.35. The second-order valence-corrected chi connectivity index (χ2v) is 8.66. The minimum atomic E-state index is -1.07. The Hall–Kier alpha value is -4.06. The summed E-state index contributed by atoms with van der Waals surface area (Å²) in [5, 5.41) is 10.4. The van der Waals surface area contributed by atoms with E-state index >= 15 is 0 Å². The molecule has 1 aliphatic rings. The van der Waals surface area contributed by atoms with E-state index in [9.17, 15) is 14.7 Å². The number of aromatic carboxylic acids is 1. The van der Waals surface area contributed by atoms with E-state index in [1.807, 2.05) is 30.3 Å². The molecule has 0 fully saturated rings. The van der Waals surface area contributed by atoms with Crippen molar-refractivity contribution in [3.05, 3.63) is 124 Å². The van der Waals surface area contributed by atoms with Crippen LogP contribution in [0.25, 0.3) is 23.1 Å². The van der Waals surface area contributed by atoms with Gasteiger partial charge in [-0.3, -0.25) is 9.69 Å². The maximum atomic E-state index is 13.5. The van der Waals surface area contributed by atoms with Gasteiger partial charge in [-0.1, -0.05) is 59.6 Å². The minimum absolute atomic E-state index is 0.0919. The van der Waals surface area contributed by atoms with Crippen molar-refractivity contribution in [1.82, 2.24) is 0 Å². The third-order valence-electron chi connectivity index (χ3n) is 5.52. The van der Waals surface area contributed by atoms with Crippen molar-refractivity contribution in [2.45, 2.75) is 0 Å². The molecule has 0 bridgehead atoms. The molecule has 1 aromatic heterocycles. The molecule has 5 rings (SSSR count). The van der Waals surface area contributed by atoms with E-state index in [1.54, 1.807) is 54.6 Å². The fraction of sp³-hybridized carbons (Fsp3) is 0. The Balaban J connectivity index is 1.56. The lowest BCUT2D eigenvalue weighted by molar-refractivity contribution is -0.113. The number of anilines is 1. The fourth-order valence-corrected chi connectivity index (χ4v) is 4.27. The van der Waals surface area contributed by atoms with Gasteiger partial charge in [0, 0.05) is 16.2 Å². The highest BCUT2D eigenvalue weighted by atomic mass is 35.5. The van der Waals surface area contributed by atoms with Crippen molar-refractivity contribution in [2.75, 3.05) is 4.90 Å². The second-order valence-electron chi connectivity index (χ2n) is 7.82. The Morgan fingerprint density at radius 1 is 0.914 bits per heavy atom. The SMILES string of the molecule is O=C(O)c1cccc(N2C(=O)/C(=C/c3ccc(-c4cc(Cl)ccc4Cl)o3)C=C2c2ccccc2)c1. The number of halogens is 2. The van der Waals surface area contributed by atoms with Gasteiger partial charge in [0.2, 0.25) is 0 Å². The lowest BCUT2D eigenvalue weighted by Gasteiger charge is -2.21. The highest BCUT2D eigenvalue weighted by Crippen LogP contribution is 2.37. The highest BCUT2D eigenvalue weighted by Gasteiger charge is 2.31. The van der Waals surface area contributed by atoms with Gasteiger partial charge >= 0.3 is 5.97 Å². The third-order valence-corrected chi connectivity index (χ3v) is 6.09. The Labute approximate surface area is 211 Å². The first-order valence-electron chi connectivity index (χ1n) is 10.6. The number of hydrogen-bond acceptors (Lipinski definition) is 3. The summed E-state index contributed by atoms with van der Waals surface area (Å²) in [7, 11) is 0. The van der Waals surface area contributed by atoms with Crippen LogP contribution in [0, 0.1) is 0 Å². The maximum absolute atomic E-state index is 13.5. The van der Waals surface area contributed by atoms with Crippen LogP contribution >= 0.6 is 23.2 Å². The predicted octanol–water partition coefficient (Wildman–Crippen LogP) is 7.42. The van der Waals surface area contributed by atoms with E-state index in [0.717, 1.165) is 5.56 Å². The van der Waals surface area contributed by atoms with E-state index in [4.69, 9.17) is 27.6 Å². The van der Waals surface area contributed by atoms with Crippen molar-refractivity contribution in [1.29, 1.82) is 0 Å². The van der Waals surface area contributed by atoms with Gasteiger partial charge in [-0.15, -0.1) is 0 Å². The minimum Gasteiger partial charge on any atom is -0.478 e. The summed E-state index contributed by atoms with van der Waals surface area (Å²) < 4.78 is 5.95. The first-order chi connectivity index (χ1) is 16.9. The first kappa shape index (κ1) is 22.7. The van der Waals surface area contributed by atoms with Crippen LogP contribution in [0.2, 0.25) is 10.0 Å². The van der Waals surface area contributed by atoms with Crippen LogP contribution in [0.4, 0.5) is 5.69 Å². The van der Waals surface area contributed by atoms with Gasteiger partial charge in [0.1, 0.15) is 11.5 Å². The number of furan rings is 1. The second kappa shape index (κ2) is 9.29. The number of nitrogens with zero attached hydrogens (tertiary/aromatic N) is 1. The number of carboxylic acid groups (broad SMARTS) is 1. The van der Waals surface area contributed by atoms with Crippen LogP contribution in [0.15, 0.2) is 101 Å². The van der Waals surface area contributed by atoms with Gasteiger partial charge < -0.3 is 9.52 Å². The van der Waals surface area contributed by atoms with Gasteiger partial charge in [-0.25, -0.2) is 4.79 Å². The normalized spacial score (nSPS) is 14.5. The molecule has 35 heavy (non-hydrogen) atoms. The molecular formula is C28H17Cl2NO4. The van der Waals surface area contributed by atoms with Gasteiger partial charge in [0.25, 0.3) is 5.91 Å².